The number of fused-ring (bicyclic) bond motifs is 3. The Morgan fingerprint density at radius 3 is 2.23 bits per heavy atom. The highest BCUT2D eigenvalue weighted by Crippen LogP contribution is 2.44. The average Bonchev–Trinajstić information content (AvgIpc) is 3.56. The van der Waals surface area contributed by atoms with Gasteiger partial charge < -0.3 is 20.5 Å². The molecule has 3 aliphatic rings. The van der Waals surface area contributed by atoms with Gasteiger partial charge in [0.05, 0.1) is 5.92 Å². The molecule has 2 unspecified atom stereocenters. The van der Waals surface area contributed by atoms with Crippen LogP contribution in [0.2, 0.25) is 0 Å². The zero-order valence-corrected chi connectivity index (χ0v) is 19.7. The molecule has 0 aliphatic heterocycles. The van der Waals surface area contributed by atoms with E-state index in [9.17, 15) is 14.4 Å². The Morgan fingerprint density at radius 2 is 1.57 bits per heavy atom. The molecular weight excluding hydrogens is 444 g/mol. The highest BCUT2D eigenvalue weighted by atomic mass is 16.5. The van der Waals surface area contributed by atoms with Gasteiger partial charge in [-0.25, -0.2) is 4.79 Å². The number of carbonyl (C=O) groups is 3. The second-order valence-electron chi connectivity index (χ2n) is 10.1. The minimum Gasteiger partial charge on any atom is -0.481 e. The van der Waals surface area contributed by atoms with Crippen LogP contribution >= 0.6 is 0 Å². The number of ether oxygens (including phenoxy) is 1. The maximum absolute atomic E-state index is 12.7. The van der Waals surface area contributed by atoms with Crippen molar-refractivity contribution in [2.75, 3.05) is 6.61 Å². The van der Waals surface area contributed by atoms with Crippen LogP contribution in [-0.2, 0) is 14.3 Å². The van der Waals surface area contributed by atoms with Crippen molar-refractivity contribution in [3.05, 3.63) is 59.7 Å². The topological polar surface area (TPSA) is 105 Å². The van der Waals surface area contributed by atoms with Crippen LogP contribution in [0.1, 0.15) is 62.0 Å². The lowest BCUT2D eigenvalue weighted by Gasteiger charge is -2.22. The highest BCUT2D eigenvalue weighted by molar-refractivity contribution is 5.79. The fourth-order valence-corrected chi connectivity index (χ4v) is 6.12. The summed E-state index contributed by atoms with van der Waals surface area (Å²) in [5.74, 6) is -1.14. The summed E-state index contributed by atoms with van der Waals surface area (Å²) in [6.07, 6.45) is 4.36. The fraction of sp³-hybridized carbons (Fsp3) is 0.464. The molecular formula is C28H32N2O5. The van der Waals surface area contributed by atoms with Gasteiger partial charge >= 0.3 is 12.1 Å². The van der Waals surface area contributed by atoms with E-state index in [2.05, 4.69) is 34.9 Å². The van der Waals surface area contributed by atoms with E-state index in [1.54, 1.807) is 0 Å². The van der Waals surface area contributed by atoms with Crippen molar-refractivity contribution in [1.29, 1.82) is 0 Å². The number of hydrogen-bond donors (Lipinski definition) is 3. The van der Waals surface area contributed by atoms with Crippen LogP contribution in [0, 0.1) is 11.8 Å². The number of amides is 2. The predicted octanol–water partition coefficient (Wildman–Crippen LogP) is 4.45. The first kappa shape index (κ1) is 23.4. The monoisotopic (exact) mass is 476 g/mol. The van der Waals surface area contributed by atoms with E-state index in [0.29, 0.717) is 25.7 Å². The van der Waals surface area contributed by atoms with Gasteiger partial charge in [0.1, 0.15) is 6.61 Å². The van der Waals surface area contributed by atoms with Crippen molar-refractivity contribution in [1.82, 2.24) is 10.6 Å². The van der Waals surface area contributed by atoms with Gasteiger partial charge in [-0.3, -0.25) is 9.59 Å². The largest absolute Gasteiger partial charge is 0.481 e. The molecule has 0 bridgehead atoms. The lowest BCUT2D eigenvalue weighted by Crippen LogP contribution is -2.41. The van der Waals surface area contributed by atoms with Gasteiger partial charge in [-0.15, -0.1) is 0 Å². The zero-order valence-electron chi connectivity index (χ0n) is 19.7. The Bertz CT molecular complexity index is 1070. The van der Waals surface area contributed by atoms with Gasteiger partial charge in [0.2, 0.25) is 5.91 Å². The second-order valence-corrected chi connectivity index (χ2v) is 10.1. The summed E-state index contributed by atoms with van der Waals surface area (Å²) in [6, 6.07) is 16.3. The van der Waals surface area contributed by atoms with Crippen LogP contribution in [0.3, 0.4) is 0 Å². The second kappa shape index (κ2) is 10.1. The van der Waals surface area contributed by atoms with Gasteiger partial charge in [0.25, 0.3) is 0 Å². The normalized spacial score (nSPS) is 25.0. The van der Waals surface area contributed by atoms with Crippen molar-refractivity contribution < 1.29 is 24.2 Å². The fourth-order valence-electron chi connectivity index (χ4n) is 6.12. The first-order valence-corrected chi connectivity index (χ1v) is 12.6. The molecule has 2 aromatic carbocycles. The Labute approximate surface area is 205 Å². The van der Waals surface area contributed by atoms with Crippen LogP contribution in [0.15, 0.2) is 48.5 Å². The Morgan fingerprint density at radius 1 is 0.886 bits per heavy atom. The van der Waals surface area contributed by atoms with Gasteiger partial charge in [-0.05, 0) is 60.3 Å². The van der Waals surface area contributed by atoms with Crippen LogP contribution < -0.4 is 10.6 Å². The van der Waals surface area contributed by atoms with E-state index in [1.807, 2.05) is 24.3 Å². The van der Waals surface area contributed by atoms with E-state index < -0.39 is 12.1 Å². The molecule has 2 amide bonds. The molecule has 3 N–H and O–H groups in total. The minimum atomic E-state index is -0.787. The number of nitrogens with one attached hydrogen (secondary N) is 2. The van der Waals surface area contributed by atoms with Gasteiger partial charge in [-0.1, -0.05) is 55.0 Å². The molecule has 2 saturated carbocycles. The van der Waals surface area contributed by atoms with E-state index >= 15 is 0 Å². The lowest BCUT2D eigenvalue weighted by atomic mass is 9.98. The highest BCUT2D eigenvalue weighted by Gasteiger charge is 2.34. The summed E-state index contributed by atoms with van der Waals surface area (Å²) in [4.78, 5) is 36.4. The van der Waals surface area contributed by atoms with Crippen molar-refractivity contribution >= 4 is 18.0 Å². The molecule has 184 valence electrons. The van der Waals surface area contributed by atoms with E-state index in [1.165, 1.54) is 22.3 Å². The molecule has 7 heteroatoms. The molecule has 35 heavy (non-hydrogen) atoms. The molecule has 2 aromatic rings. The quantitative estimate of drug-likeness (QED) is 0.548. The van der Waals surface area contributed by atoms with Crippen molar-refractivity contribution in [2.45, 2.75) is 62.9 Å². The molecule has 4 atom stereocenters. The molecule has 3 aliphatic carbocycles. The Hall–Kier alpha value is -3.35. The van der Waals surface area contributed by atoms with Crippen LogP contribution in [0.5, 0.6) is 0 Å². The number of carbonyl (C=O) groups excluding carboxylic acids is 2. The molecule has 2 fully saturated rings. The molecule has 0 spiro atoms. The lowest BCUT2D eigenvalue weighted by molar-refractivity contribution is -0.141. The molecule has 0 heterocycles. The zero-order chi connectivity index (χ0) is 24.4. The van der Waals surface area contributed by atoms with Crippen molar-refractivity contribution in [3.8, 4) is 11.1 Å². The van der Waals surface area contributed by atoms with Crippen molar-refractivity contribution in [3.63, 3.8) is 0 Å². The maximum atomic E-state index is 12.7. The Kier molecular flexibility index (Phi) is 6.75. The third-order valence-corrected chi connectivity index (χ3v) is 7.90. The number of benzene rings is 2. The van der Waals surface area contributed by atoms with Gasteiger partial charge in [-0.2, -0.15) is 0 Å². The molecule has 7 nitrogen and oxygen atoms in total. The van der Waals surface area contributed by atoms with E-state index in [0.717, 1.165) is 19.3 Å². The maximum Gasteiger partial charge on any atom is 0.407 e. The summed E-state index contributed by atoms with van der Waals surface area (Å²) < 4.78 is 5.69. The number of carboxylic acid groups (broad SMARTS) is 1. The third kappa shape index (κ3) is 5.04. The summed E-state index contributed by atoms with van der Waals surface area (Å²) in [6.45, 7) is 0.268. The molecule has 5 rings (SSSR count). The third-order valence-electron chi connectivity index (χ3n) is 7.90. The molecule has 0 saturated heterocycles. The number of alkyl carbamates (subject to hydrolysis) is 1. The first-order valence-electron chi connectivity index (χ1n) is 12.6. The standard InChI is InChI=1S/C28H32N2O5/c31-26(29-19-13-12-18(14-19)27(32)33)15-17-6-5-11-25(17)30-28(34)35-16-24-22-9-3-1-7-20(22)21-8-2-4-10-23(21)24/h1-4,7-10,17-19,24-25H,5-6,11-16H2,(H,29,31)(H,30,34)(H,32,33)/t17?,18-,19+,25?/m0/s1. The number of hydrogen-bond acceptors (Lipinski definition) is 4. The summed E-state index contributed by atoms with van der Waals surface area (Å²) in [5, 5.41) is 15.2. The number of aliphatic carboxylic acids is 1. The minimum absolute atomic E-state index is 0.0133. The van der Waals surface area contributed by atoms with Gasteiger partial charge in [0, 0.05) is 24.4 Å². The Balaban J connectivity index is 1.13. The van der Waals surface area contributed by atoms with Crippen LogP contribution in [-0.4, -0.2) is 41.8 Å². The summed E-state index contributed by atoms with van der Waals surface area (Å²) in [7, 11) is 0. The van der Waals surface area contributed by atoms with E-state index in [-0.39, 0.29) is 42.4 Å². The van der Waals surface area contributed by atoms with Crippen LogP contribution in [0.25, 0.3) is 11.1 Å². The first-order chi connectivity index (χ1) is 17.0. The average molecular weight is 477 g/mol. The molecule has 0 radical (unpaired) electrons. The molecule has 0 aromatic heterocycles. The van der Waals surface area contributed by atoms with Crippen molar-refractivity contribution in [2.24, 2.45) is 11.8 Å². The summed E-state index contributed by atoms with van der Waals surface area (Å²) >= 11 is 0. The smallest absolute Gasteiger partial charge is 0.407 e. The number of rotatable bonds is 7. The SMILES string of the molecule is O=C(CC1CCCC1NC(=O)OCC1c2ccccc2-c2ccccc21)N[C@@H]1CC[C@H](C(=O)O)C1. The van der Waals surface area contributed by atoms with Gasteiger partial charge in [0.15, 0.2) is 0 Å². The van der Waals surface area contributed by atoms with Crippen LogP contribution in [0.4, 0.5) is 4.79 Å². The number of carboxylic acids is 1. The summed E-state index contributed by atoms with van der Waals surface area (Å²) in [5.41, 5.74) is 4.73. The predicted molar refractivity (Wildman–Crippen MR) is 131 cm³/mol. The van der Waals surface area contributed by atoms with E-state index in [4.69, 9.17) is 9.84 Å².